The highest BCUT2D eigenvalue weighted by atomic mass is 35.5. The van der Waals surface area contributed by atoms with Crippen molar-refractivity contribution in [2.24, 2.45) is 7.05 Å². The number of hydrogen-bond acceptors (Lipinski definition) is 5. The van der Waals surface area contributed by atoms with Crippen LogP contribution in [0.2, 0.25) is 10.0 Å². The van der Waals surface area contributed by atoms with Crippen molar-refractivity contribution in [2.75, 3.05) is 5.32 Å². The van der Waals surface area contributed by atoms with Gasteiger partial charge in [0.2, 0.25) is 5.82 Å². The molecule has 2 heterocycles. The summed E-state index contributed by atoms with van der Waals surface area (Å²) in [7, 11) is 1.58. The number of aromatic nitrogens is 3. The van der Waals surface area contributed by atoms with E-state index in [9.17, 15) is 14.9 Å². The molecule has 0 saturated carbocycles. The summed E-state index contributed by atoms with van der Waals surface area (Å²) in [5, 5.41) is 18.9. The number of nitro groups is 1. The molecule has 0 aliphatic heterocycles. The van der Waals surface area contributed by atoms with E-state index in [1.165, 1.54) is 16.8 Å². The van der Waals surface area contributed by atoms with Gasteiger partial charge in [-0.05, 0) is 12.1 Å². The van der Waals surface area contributed by atoms with Gasteiger partial charge in [0.15, 0.2) is 0 Å². The summed E-state index contributed by atoms with van der Waals surface area (Å²) < 4.78 is 1.35. The first-order valence-electron chi connectivity index (χ1n) is 8.95. The third-order valence-electron chi connectivity index (χ3n) is 4.37. The third kappa shape index (κ3) is 4.15. The maximum absolute atomic E-state index is 12.9. The topological polar surface area (TPSA) is 103 Å². The van der Waals surface area contributed by atoms with Crippen molar-refractivity contribution in [1.29, 1.82) is 0 Å². The Labute approximate surface area is 183 Å². The van der Waals surface area contributed by atoms with Gasteiger partial charge in [0.1, 0.15) is 5.69 Å². The van der Waals surface area contributed by atoms with Crippen molar-refractivity contribution in [3.63, 3.8) is 0 Å². The molecule has 0 saturated heterocycles. The number of benzene rings is 1. The fourth-order valence-electron chi connectivity index (χ4n) is 2.90. The molecule has 3 aromatic rings. The Morgan fingerprint density at radius 3 is 2.40 bits per heavy atom. The predicted molar refractivity (Wildman–Crippen MR) is 116 cm³/mol. The Morgan fingerprint density at radius 1 is 1.17 bits per heavy atom. The fraction of sp³-hybridized carbons (Fsp3) is 0.250. The molecule has 0 fully saturated rings. The SMILES string of the molecule is Cn1nc(C(C)(C)C)c(Cl)c1C(=O)Nc1nc(-c2ccccc2Cl)ccc1[N+](=O)[O-]. The van der Waals surface area contributed by atoms with Crippen molar-refractivity contribution in [3.05, 3.63) is 67.9 Å². The van der Waals surface area contributed by atoms with Crippen LogP contribution in [-0.4, -0.2) is 25.6 Å². The summed E-state index contributed by atoms with van der Waals surface area (Å²) in [5.74, 6) is -0.866. The molecular weight excluding hydrogens is 429 g/mol. The maximum atomic E-state index is 12.9. The molecule has 0 radical (unpaired) electrons. The van der Waals surface area contributed by atoms with Crippen LogP contribution in [0.15, 0.2) is 36.4 Å². The van der Waals surface area contributed by atoms with Crippen LogP contribution in [-0.2, 0) is 12.5 Å². The minimum Gasteiger partial charge on any atom is -0.299 e. The third-order valence-corrected chi connectivity index (χ3v) is 5.05. The lowest BCUT2D eigenvalue weighted by molar-refractivity contribution is -0.384. The number of pyridine rings is 1. The minimum atomic E-state index is -0.655. The molecule has 3 rings (SSSR count). The molecule has 156 valence electrons. The number of nitrogens with zero attached hydrogens (tertiary/aromatic N) is 4. The first-order chi connectivity index (χ1) is 14.0. The summed E-state index contributed by atoms with van der Waals surface area (Å²) >= 11 is 12.6. The average Bonchev–Trinajstić information content (AvgIpc) is 2.96. The van der Waals surface area contributed by atoms with Gasteiger partial charge >= 0.3 is 5.69 Å². The minimum absolute atomic E-state index is 0.0841. The number of aryl methyl sites for hydroxylation is 1. The number of halogens is 2. The van der Waals surface area contributed by atoms with E-state index in [1.807, 2.05) is 20.8 Å². The summed E-state index contributed by atoms with van der Waals surface area (Å²) in [6.07, 6.45) is 0. The first kappa shape index (κ1) is 21.7. The van der Waals surface area contributed by atoms with E-state index in [0.29, 0.717) is 22.0 Å². The quantitative estimate of drug-likeness (QED) is 0.434. The van der Waals surface area contributed by atoms with Crippen LogP contribution in [0.25, 0.3) is 11.3 Å². The van der Waals surface area contributed by atoms with Crippen LogP contribution in [0.5, 0.6) is 0 Å². The molecule has 10 heteroatoms. The zero-order chi connectivity index (χ0) is 22.2. The van der Waals surface area contributed by atoms with Crippen molar-refractivity contribution in [1.82, 2.24) is 14.8 Å². The standard InChI is InChI=1S/C20H19Cl2N5O3/c1-20(2,3)17-15(22)16(26(4)25-17)19(28)24-18-14(27(29)30)10-9-13(23-18)11-7-5-6-8-12(11)21/h5-10H,1-4H3,(H,23,24,28). The second-order valence-electron chi connectivity index (χ2n) is 7.64. The molecule has 30 heavy (non-hydrogen) atoms. The molecular formula is C20H19Cl2N5O3. The Morgan fingerprint density at radius 2 is 1.83 bits per heavy atom. The first-order valence-corrected chi connectivity index (χ1v) is 9.71. The molecule has 1 amide bonds. The van der Waals surface area contributed by atoms with Gasteiger partial charge in [-0.25, -0.2) is 4.98 Å². The summed E-state index contributed by atoms with van der Waals surface area (Å²) in [4.78, 5) is 28.1. The molecule has 0 unspecified atom stereocenters. The van der Waals surface area contributed by atoms with Crippen LogP contribution in [0.1, 0.15) is 37.0 Å². The molecule has 0 bridgehead atoms. The predicted octanol–water partition coefficient (Wildman–Crippen LogP) is 5.25. The normalized spacial score (nSPS) is 11.4. The van der Waals surface area contributed by atoms with Crippen LogP contribution < -0.4 is 5.32 Å². The number of carbonyl (C=O) groups excluding carboxylic acids is 1. The van der Waals surface area contributed by atoms with Gasteiger partial charge in [0.25, 0.3) is 5.91 Å². The van der Waals surface area contributed by atoms with E-state index < -0.39 is 10.8 Å². The lowest BCUT2D eigenvalue weighted by Gasteiger charge is -2.15. The molecule has 8 nitrogen and oxygen atoms in total. The molecule has 0 atom stereocenters. The van der Waals surface area contributed by atoms with Gasteiger partial charge in [0, 0.05) is 29.1 Å². The van der Waals surface area contributed by atoms with Gasteiger partial charge in [-0.2, -0.15) is 5.10 Å². The van der Waals surface area contributed by atoms with Gasteiger partial charge in [0.05, 0.1) is 21.3 Å². The Balaban J connectivity index is 2.05. The molecule has 1 N–H and O–H groups in total. The average molecular weight is 448 g/mol. The summed E-state index contributed by atoms with van der Waals surface area (Å²) in [6, 6.07) is 9.69. The summed E-state index contributed by atoms with van der Waals surface area (Å²) in [5.41, 5.74) is 0.853. The molecule has 0 spiro atoms. The molecule has 0 aliphatic carbocycles. The highest BCUT2D eigenvalue weighted by Crippen LogP contribution is 2.33. The second kappa shape index (κ2) is 8.04. The molecule has 1 aromatic carbocycles. The van der Waals surface area contributed by atoms with Crippen molar-refractivity contribution in [3.8, 4) is 11.3 Å². The van der Waals surface area contributed by atoms with Crippen molar-refractivity contribution >= 4 is 40.6 Å². The Bertz CT molecular complexity index is 1150. The lowest BCUT2D eigenvalue weighted by atomic mass is 9.92. The largest absolute Gasteiger partial charge is 0.311 e. The van der Waals surface area contributed by atoms with E-state index in [0.717, 1.165) is 0 Å². The van der Waals surface area contributed by atoms with Crippen molar-refractivity contribution in [2.45, 2.75) is 26.2 Å². The van der Waals surface area contributed by atoms with Crippen LogP contribution in [0.3, 0.4) is 0 Å². The van der Waals surface area contributed by atoms with Gasteiger partial charge in [-0.1, -0.05) is 62.2 Å². The fourth-order valence-corrected chi connectivity index (χ4v) is 3.66. The zero-order valence-corrected chi connectivity index (χ0v) is 18.2. The lowest BCUT2D eigenvalue weighted by Crippen LogP contribution is -2.18. The monoisotopic (exact) mass is 447 g/mol. The number of nitrogens with one attached hydrogen (secondary N) is 1. The van der Waals surface area contributed by atoms with Gasteiger partial charge in [-0.3, -0.25) is 24.9 Å². The number of anilines is 1. The molecule has 0 aliphatic rings. The zero-order valence-electron chi connectivity index (χ0n) is 16.7. The Hall–Kier alpha value is -2.97. The van der Waals surface area contributed by atoms with E-state index in [1.54, 1.807) is 31.3 Å². The highest BCUT2D eigenvalue weighted by molar-refractivity contribution is 6.35. The molecule has 2 aromatic heterocycles. The van der Waals surface area contributed by atoms with E-state index in [2.05, 4.69) is 15.4 Å². The van der Waals surface area contributed by atoms with Crippen molar-refractivity contribution < 1.29 is 9.72 Å². The van der Waals surface area contributed by atoms with E-state index >= 15 is 0 Å². The smallest absolute Gasteiger partial charge is 0.299 e. The maximum Gasteiger partial charge on any atom is 0.311 e. The van der Waals surface area contributed by atoms with Gasteiger partial charge in [-0.15, -0.1) is 0 Å². The van der Waals surface area contributed by atoms with Crippen LogP contribution in [0.4, 0.5) is 11.5 Å². The number of carbonyl (C=O) groups is 1. The van der Waals surface area contributed by atoms with E-state index in [-0.39, 0.29) is 27.6 Å². The number of hydrogen-bond donors (Lipinski definition) is 1. The highest BCUT2D eigenvalue weighted by Gasteiger charge is 2.29. The van der Waals surface area contributed by atoms with Crippen LogP contribution in [0, 0.1) is 10.1 Å². The van der Waals surface area contributed by atoms with Crippen LogP contribution >= 0.6 is 23.2 Å². The van der Waals surface area contributed by atoms with E-state index in [4.69, 9.17) is 23.2 Å². The summed E-state index contributed by atoms with van der Waals surface area (Å²) in [6.45, 7) is 5.76. The second-order valence-corrected chi connectivity index (χ2v) is 8.43. The Kier molecular flexibility index (Phi) is 5.83. The van der Waals surface area contributed by atoms with Gasteiger partial charge < -0.3 is 0 Å². The number of rotatable bonds is 4. The number of amides is 1.